The number of likely N-dealkylation sites (tertiary alicyclic amines) is 3. The first-order valence-electron chi connectivity index (χ1n) is 13.8. The molecule has 0 aliphatic carbocycles. The molecular weight excluding hydrogens is 422 g/mol. The summed E-state index contributed by atoms with van der Waals surface area (Å²) in [5.74, 6) is 0. The summed E-state index contributed by atoms with van der Waals surface area (Å²) in [5.41, 5.74) is 0. The van der Waals surface area contributed by atoms with Crippen molar-refractivity contribution in [2.24, 2.45) is 0 Å². The van der Waals surface area contributed by atoms with Gasteiger partial charge >= 0.3 is 0 Å². The van der Waals surface area contributed by atoms with Crippen LogP contribution in [-0.2, 0) is 23.7 Å². The maximum Gasteiger partial charge on any atom is 0.198 e. The number of piperidine rings is 3. The Hall–Kier alpha value is -0.320. The van der Waals surface area contributed by atoms with Gasteiger partial charge < -0.3 is 23.7 Å². The Morgan fingerprint density at radius 2 is 1.15 bits per heavy atom. The number of nitrogens with zero attached hydrogens (tertiary/aromatic N) is 3. The van der Waals surface area contributed by atoms with Crippen molar-refractivity contribution in [3.8, 4) is 0 Å². The Morgan fingerprint density at radius 1 is 0.576 bits per heavy atom. The van der Waals surface area contributed by atoms with Crippen LogP contribution in [0.5, 0.6) is 0 Å². The van der Waals surface area contributed by atoms with Gasteiger partial charge in [0.1, 0.15) is 30.8 Å². The van der Waals surface area contributed by atoms with Gasteiger partial charge in [-0.1, -0.05) is 19.3 Å². The molecular formula is C25H43N3O5. The first-order chi connectivity index (χ1) is 16.4. The first kappa shape index (κ1) is 23.1. The number of hydrogen-bond acceptors (Lipinski definition) is 8. The average Bonchev–Trinajstić information content (AvgIpc) is 3.52. The first-order valence-corrected chi connectivity index (χ1v) is 13.8. The Balaban J connectivity index is 1.16. The van der Waals surface area contributed by atoms with Crippen LogP contribution in [-0.4, -0.2) is 110 Å². The van der Waals surface area contributed by atoms with Crippen molar-refractivity contribution in [3.63, 3.8) is 0 Å². The minimum atomic E-state index is -0.382. The highest BCUT2D eigenvalue weighted by molar-refractivity contribution is 4.93. The Bertz CT molecular complexity index is 623. The molecule has 0 aromatic heterocycles. The van der Waals surface area contributed by atoms with E-state index in [4.69, 9.17) is 23.7 Å². The van der Waals surface area contributed by atoms with Crippen LogP contribution in [0, 0.1) is 0 Å². The van der Waals surface area contributed by atoms with Crippen molar-refractivity contribution in [1.29, 1.82) is 0 Å². The molecule has 0 radical (unpaired) electrons. The molecule has 8 nitrogen and oxygen atoms in total. The molecule has 6 saturated heterocycles. The number of rotatable bonds is 5. The van der Waals surface area contributed by atoms with Crippen molar-refractivity contribution in [2.45, 2.75) is 107 Å². The third kappa shape index (κ3) is 5.00. The van der Waals surface area contributed by atoms with Crippen LogP contribution in [0.2, 0.25) is 0 Å². The molecule has 0 aromatic carbocycles. The molecule has 0 spiro atoms. The molecule has 0 saturated carbocycles. The molecule has 33 heavy (non-hydrogen) atoms. The van der Waals surface area contributed by atoms with E-state index in [0.29, 0.717) is 6.61 Å². The summed E-state index contributed by atoms with van der Waals surface area (Å²) in [6, 6.07) is 0. The molecule has 0 aromatic rings. The monoisotopic (exact) mass is 465 g/mol. The predicted octanol–water partition coefficient (Wildman–Crippen LogP) is 2.37. The van der Waals surface area contributed by atoms with Gasteiger partial charge in [-0.05, 0) is 38.5 Å². The molecule has 7 unspecified atom stereocenters. The molecule has 0 bridgehead atoms. The van der Waals surface area contributed by atoms with E-state index in [2.05, 4.69) is 14.7 Å². The Kier molecular flexibility index (Phi) is 7.52. The standard InChI is InChI=1S/C25H43N3O5/c1-4-11-26(12-5-1)22-19(10-17-29-22)31-25-24(28-15-8-3-9-16-28)33-21-20(32-25)18-30-23(21)27-13-6-2-7-14-27/h19-25H,1-18H2. The normalized spacial score (nSPS) is 44.2. The van der Waals surface area contributed by atoms with Gasteiger partial charge in [0.05, 0.1) is 13.2 Å². The van der Waals surface area contributed by atoms with E-state index in [0.717, 1.165) is 52.3 Å². The second kappa shape index (κ2) is 10.7. The smallest absolute Gasteiger partial charge is 0.198 e. The summed E-state index contributed by atoms with van der Waals surface area (Å²) in [6.07, 6.45) is 11.8. The molecule has 0 N–H and O–H groups in total. The van der Waals surface area contributed by atoms with E-state index in [-0.39, 0.29) is 43.3 Å². The van der Waals surface area contributed by atoms with Crippen LogP contribution < -0.4 is 0 Å². The lowest BCUT2D eigenvalue weighted by atomic mass is 10.1. The lowest BCUT2D eigenvalue weighted by molar-refractivity contribution is -0.343. The van der Waals surface area contributed by atoms with Gasteiger partial charge in [0.2, 0.25) is 0 Å². The molecule has 6 heterocycles. The maximum absolute atomic E-state index is 6.87. The zero-order valence-electron chi connectivity index (χ0n) is 20.2. The van der Waals surface area contributed by atoms with Crippen molar-refractivity contribution in [3.05, 3.63) is 0 Å². The van der Waals surface area contributed by atoms with Gasteiger partial charge in [0, 0.05) is 45.7 Å². The zero-order valence-corrected chi connectivity index (χ0v) is 20.2. The van der Waals surface area contributed by atoms with Crippen LogP contribution >= 0.6 is 0 Å². The molecule has 6 fully saturated rings. The van der Waals surface area contributed by atoms with Crippen LogP contribution in [0.3, 0.4) is 0 Å². The van der Waals surface area contributed by atoms with Gasteiger partial charge in [-0.15, -0.1) is 0 Å². The number of fused-ring (bicyclic) bond motifs is 1. The summed E-state index contributed by atoms with van der Waals surface area (Å²) in [4.78, 5) is 7.42. The van der Waals surface area contributed by atoms with Crippen LogP contribution in [0.15, 0.2) is 0 Å². The average molecular weight is 466 g/mol. The summed E-state index contributed by atoms with van der Waals surface area (Å²) in [5, 5.41) is 0. The lowest BCUT2D eigenvalue weighted by Crippen LogP contribution is -2.61. The van der Waals surface area contributed by atoms with E-state index in [9.17, 15) is 0 Å². The van der Waals surface area contributed by atoms with Gasteiger partial charge in [0.25, 0.3) is 0 Å². The molecule has 6 rings (SSSR count). The van der Waals surface area contributed by atoms with Crippen LogP contribution in [0.4, 0.5) is 0 Å². The highest BCUT2D eigenvalue weighted by Gasteiger charge is 2.52. The summed E-state index contributed by atoms with van der Waals surface area (Å²) >= 11 is 0. The largest absolute Gasteiger partial charge is 0.360 e. The summed E-state index contributed by atoms with van der Waals surface area (Å²) in [7, 11) is 0. The van der Waals surface area contributed by atoms with Crippen molar-refractivity contribution < 1.29 is 23.7 Å². The van der Waals surface area contributed by atoms with Gasteiger partial charge in [-0.2, -0.15) is 0 Å². The molecule has 188 valence electrons. The molecule has 0 amide bonds. The molecule has 6 aliphatic heterocycles. The second-order valence-electron chi connectivity index (χ2n) is 10.8. The zero-order chi connectivity index (χ0) is 22.0. The molecule has 7 atom stereocenters. The Morgan fingerprint density at radius 3 is 1.79 bits per heavy atom. The molecule has 6 aliphatic rings. The third-order valence-corrected chi connectivity index (χ3v) is 8.49. The third-order valence-electron chi connectivity index (χ3n) is 8.49. The highest BCUT2D eigenvalue weighted by Crippen LogP contribution is 2.36. The summed E-state index contributed by atoms with van der Waals surface area (Å²) in [6.45, 7) is 7.88. The SMILES string of the molecule is C1CCN(C2OCCC2OC2OC3COC(N4CCCCC4)C3OC2N2CCCCC2)CC1. The van der Waals surface area contributed by atoms with E-state index in [1.165, 1.54) is 57.8 Å². The lowest BCUT2D eigenvalue weighted by Gasteiger charge is -2.47. The summed E-state index contributed by atoms with van der Waals surface area (Å²) < 4.78 is 32.8. The van der Waals surface area contributed by atoms with Crippen LogP contribution in [0.1, 0.15) is 64.2 Å². The Labute approximate surface area is 198 Å². The minimum absolute atomic E-state index is 0.0134. The van der Waals surface area contributed by atoms with E-state index in [1.54, 1.807) is 0 Å². The van der Waals surface area contributed by atoms with E-state index < -0.39 is 0 Å². The van der Waals surface area contributed by atoms with Crippen molar-refractivity contribution in [2.75, 3.05) is 52.5 Å². The fourth-order valence-corrected chi connectivity index (χ4v) is 6.70. The minimum Gasteiger partial charge on any atom is -0.360 e. The van der Waals surface area contributed by atoms with Crippen molar-refractivity contribution in [1.82, 2.24) is 14.7 Å². The van der Waals surface area contributed by atoms with E-state index >= 15 is 0 Å². The fraction of sp³-hybridized carbons (Fsp3) is 1.00. The number of hydrogen-bond donors (Lipinski definition) is 0. The van der Waals surface area contributed by atoms with E-state index in [1.807, 2.05) is 0 Å². The van der Waals surface area contributed by atoms with Crippen molar-refractivity contribution >= 4 is 0 Å². The van der Waals surface area contributed by atoms with Gasteiger partial charge in [-0.3, -0.25) is 14.7 Å². The second-order valence-corrected chi connectivity index (χ2v) is 10.8. The maximum atomic E-state index is 6.87. The van der Waals surface area contributed by atoms with Gasteiger partial charge in [-0.25, -0.2) is 0 Å². The van der Waals surface area contributed by atoms with Gasteiger partial charge in [0.15, 0.2) is 12.5 Å². The quantitative estimate of drug-likeness (QED) is 0.614. The highest BCUT2D eigenvalue weighted by atomic mass is 16.8. The number of ether oxygens (including phenoxy) is 5. The predicted molar refractivity (Wildman–Crippen MR) is 123 cm³/mol. The van der Waals surface area contributed by atoms with Crippen LogP contribution in [0.25, 0.3) is 0 Å². The fourth-order valence-electron chi connectivity index (χ4n) is 6.70. The molecule has 8 heteroatoms. The topological polar surface area (TPSA) is 55.9 Å².